The molecule has 2 atom stereocenters. The SMILES string of the molecule is O=C(Nc1cc2c(cc1C(F)(F)F)CCN2)C1=C(O)C2CCNCC2N=C1. The number of hydrogen-bond acceptors (Lipinski definition) is 5. The summed E-state index contributed by atoms with van der Waals surface area (Å²) >= 11 is 0. The summed E-state index contributed by atoms with van der Waals surface area (Å²) in [6.07, 6.45) is -2.24. The lowest BCUT2D eigenvalue weighted by molar-refractivity contribution is -0.137. The van der Waals surface area contributed by atoms with Crippen LogP contribution in [0.5, 0.6) is 0 Å². The van der Waals surface area contributed by atoms with Crippen LogP contribution in [-0.4, -0.2) is 42.9 Å². The van der Waals surface area contributed by atoms with Gasteiger partial charge in [0.25, 0.3) is 5.91 Å². The Hall–Kier alpha value is -2.55. The van der Waals surface area contributed by atoms with Crippen molar-refractivity contribution < 1.29 is 23.1 Å². The average Bonchev–Trinajstić information content (AvgIpc) is 3.08. The van der Waals surface area contributed by atoms with Crippen molar-refractivity contribution in [2.24, 2.45) is 10.9 Å². The molecule has 0 spiro atoms. The van der Waals surface area contributed by atoms with E-state index in [4.69, 9.17) is 0 Å². The summed E-state index contributed by atoms with van der Waals surface area (Å²) in [6, 6.07) is 2.20. The minimum atomic E-state index is -4.60. The fourth-order valence-electron chi connectivity index (χ4n) is 3.80. The quantitative estimate of drug-likeness (QED) is 0.635. The van der Waals surface area contributed by atoms with Gasteiger partial charge in [-0.1, -0.05) is 0 Å². The van der Waals surface area contributed by atoms with E-state index >= 15 is 0 Å². The first-order chi connectivity index (χ1) is 12.8. The number of dihydropyridines is 1. The van der Waals surface area contributed by atoms with Crippen molar-refractivity contribution in [1.82, 2.24) is 5.32 Å². The summed E-state index contributed by atoms with van der Waals surface area (Å²) in [5, 5.41) is 18.9. The first-order valence-corrected chi connectivity index (χ1v) is 8.81. The van der Waals surface area contributed by atoms with Crippen molar-refractivity contribution in [3.05, 3.63) is 34.6 Å². The zero-order valence-electron chi connectivity index (χ0n) is 14.4. The van der Waals surface area contributed by atoms with Crippen LogP contribution in [0.1, 0.15) is 17.5 Å². The van der Waals surface area contributed by atoms with Gasteiger partial charge in [-0.05, 0) is 37.1 Å². The third-order valence-corrected chi connectivity index (χ3v) is 5.22. The molecule has 1 aromatic rings. The zero-order chi connectivity index (χ0) is 19.2. The Kier molecular flexibility index (Phi) is 4.33. The summed E-state index contributed by atoms with van der Waals surface area (Å²) in [7, 11) is 0. The number of alkyl halides is 3. The van der Waals surface area contributed by atoms with Gasteiger partial charge in [0, 0.05) is 30.9 Å². The van der Waals surface area contributed by atoms with Crippen molar-refractivity contribution in [3.63, 3.8) is 0 Å². The monoisotopic (exact) mass is 380 g/mol. The number of rotatable bonds is 2. The second kappa shape index (κ2) is 6.56. The van der Waals surface area contributed by atoms with E-state index in [9.17, 15) is 23.1 Å². The minimum Gasteiger partial charge on any atom is -0.511 e. The number of halogens is 3. The number of nitrogens with zero attached hydrogens (tertiary/aromatic N) is 1. The number of aliphatic hydroxyl groups is 1. The van der Waals surface area contributed by atoms with Crippen LogP contribution in [0.4, 0.5) is 24.5 Å². The van der Waals surface area contributed by atoms with Gasteiger partial charge in [-0.2, -0.15) is 13.2 Å². The molecule has 0 aliphatic carbocycles. The van der Waals surface area contributed by atoms with Crippen LogP contribution in [-0.2, 0) is 17.4 Å². The van der Waals surface area contributed by atoms with Crippen LogP contribution >= 0.6 is 0 Å². The van der Waals surface area contributed by atoms with E-state index < -0.39 is 17.6 Å². The summed E-state index contributed by atoms with van der Waals surface area (Å²) in [5.41, 5.74) is -0.168. The highest BCUT2D eigenvalue weighted by Crippen LogP contribution is 2.40. The molecular formula is C18H19F3N4O2. The summed E-state index contributed by atoms with van der Waals surface area (Å²) < 4.78 is 40.3. The number of fused-ring (bicyclic) bond motifs is 2. The summed E-state index contributed by atoms with van der Waals surface area (Å²) in [4.78, 5) is 16.9. The smallest absolute Gasteiger partial charge is 0.418 e. The molecule has 1 fully saturated rings. The van der Waals surface area contributed by atoms with Gasteiger partial charge in [-0.3, -0.25) is 9.79 Å². The molecule has 3 heterocycles. The number of carbonyl (C=O) groups is 1. The average molecular weight is 380 g/mol. The van der Waals surface area contributed by atoms with Crippen molar-refractivity contribution in [2.45, 2.75) is 25.1 Å². The van der Waals surface area contributed by atoms with Gasteiger partial charge in [-0.15, -0.1) is 0 Å². The van der Waals surface area contributed by atoms with E-state index in [2.05, 4.69) is 20.9 Å². The second-order valence-corrected chi connectivity index (χ2v) is 6.93. The number of anilines is 2. The van der Waals surface area contributed by atoms with Crippen LogP contribution in [0.2, 0.25) is 0 Å². The highest BCUT2D eigenvalue weighted by Gasteiger charge is 2.37. The Morgan fingerprint density at radius 3 is 2.89 bits per heavy atom. The standard InChI is InChI=1S/C18H19F3N4O2/c19-18(20,21)12-5-9-1-4-23-13(9)6-14(12)25-17(27)11-7-24-15-8-22-3-2-10(15)16(11)26/h5-7,10,15,22-23,26H,1-4,8H2,(H,25,27). The first-order valence-electron chi connectivity index (χ1n) is 8.81. The van der Waals surface area contributed by atoms with Gasteiger partial charge in [0.2, 0.25) is 0 Å². The van der Waals surface area contributed by atoms with E-state index in [-0.39, 0.29) is 29.0 Å². The summed E-state index contributed by atoms with van der Waals surface area (Å²) in [6.45, 7) is 1.83. The van der Waals surface area contributed by atoms with Crippen LogP contribution in [0.25, 0.3) is 0 Å². The highest BCUT2D eigenvalue weighted by atomic mass is 19.4. The first kappa shape index (κ1) is 17.8. The molecule has 3 aliphatic heterocycles. The lowest BCUT2D eigenvalue weighted by Gasteiger charge is -2.32. The fraction of sp³-hybridized carbons (Fsp3) is 0.444. The predicted molar refractivity (Wildman–Crippen MR) is 95.2 cm³/mol. The molecule has 1 saturated heterocycles. The van der Waals surface area contributed by atoms with Gasteiger partial charge in [0.15, 0.2) is 0 Å². The molecule has 0 aromatic heterocycles. The van der Waals surface area contributed by atoms with E-state index in [1.54, 1.807) is 0 Å². The van der Waals surface area contributed by atoms with Crippen molar-refractivity contribution in [1.29, 1.82) is 0 Å². The maximum absolute atomic E-state index is 13.4. The minimum absolute atomic E-state index is 0.0836. The number of carbonyl (C=O) groups excluding carboxylic acids is 1. The maximum Gasteiger partial charge on any atom is 0.418 e. The maximum atomic E-state index is 13.4. The van der Waals surface area contributed by atoms with Crippen molar-refractivity contribution in [2.75, 3.05) is 30.3 Å². The molecule has 0 saturated carbocycles. The van der Waals surface area contributed by atoms with Gasteiger partial charge in [0.05, 0.1) is 22.9 Å². The zero-order valence-corrected chi connectivity index (χ0v) is 14.4. The van der Waals surface area contributed by atoms with Gasteiger partial charge < -0.3 is 21.1 Å². The van der Waals surface area contributed by atoms with E-state index in [0.29, 0.717) is 43.7 Å². The Morgan fingerprint density at radius 2 is 2.11 bits per heavy atom. The molecular weight excluding hydrogens is 361 g/mol. The van der Waals surface area contributed by atoms with Gasteiger partial charge in [-0.25, -0.2) is 0 Å². The Morgan fingerprint density at radius 1 is 1.30 bits per heavy atom. The molecule has 1 aromatic carbocycles. The van der Waals surface area contributed by atoms with Crippen LogP contribution in [0.15, 0.2) is 28.5 Å². The Balaban J connectivity index is 1.64. The lowest BCUT2D eigenvalue weighted by Crippen LogP contribution is -2.43. The second-order valence-electron chi connectivity index (χ2n) is 6.93. The van der Waals surface area contributed by atoms with Crippen molar-refractivity contribution in [3.8, 4) is 0 Å². The van der Waals surface area contributed by atoms with Crippen LogP contribution in [0.3, 0.4) is 0 Å². The Bertz CT molecular complexity index is 848. The lowest BCUT2D eigenvalue weighted by atomic mass is 9.87. The number of hydrogen-bond donors (Lipinski definition) is 4. The molecule has 3 aliphatic rings. The van der Waals surface area contributed by atoms with E-state index in [0.717, 1.165) is 6.07 Å². The number of piperidine rings is 1. The highest BCUT2D eigenvalue weighted by molar-refractivity contribution is 6.18. The molecule has 0 radical (unpaired) electrons. The third-order valence-electron chi connectivity index (χ3n) is 5.22. The van der Waals surface area contributed by atoms with E-state index in [1.165, 1.54) is 12.3 Å². The number of benzene rings is 1. The molecule has 27 heavy (non-hydrogen) atoms. The third kappa shape index (κ3) is 3.27. The molecule has 0 bridgehead atoms. The predicted octanol–water partition coefficient (Wildman–Crippen LogP) is 2.49. The van der Waals surface area contributed by atoms with E-state index in [1.807, 2.05) is 0 Å². The molecule has 2 unspecified atom stereocenters. The van der Waals surface area contributed by atoms with Gasteiger partial charge >= 0.3 is 6.18 Å². The number of aliphatic imine (C=N–C) groups is 1. The molecule has 4 N–H and O–H groups in total. The fourth-order valence-corrected chi connectivity index (χ4v) is 3.80. The Labute approximate surface area is 153 Å². The van der Waals surface area contributed by atoms with Crippen LogP contribution in [0, 0.1) is 5.92 Å². The normalized spacial score (nSPS) is 24.3. The molecule has 144 valence electrons. The summed E-state index contributed by atoms with van der Waals surface area (Å²) in [5.74, 6) is -1.20. The largest absolute Gasteiger partial charge is 0.511 e. The molecule has 1 amide bonds. The molecule has 4 rings (SSSR count). The number of nitrogens with one attached hydrogen (secondary N) is 3. The van der Waals surface area contributed by atoms with Crippen molar-refractivity contribution >= 4 is 23.5 Å². The molecule has 6 nitrogen and oxygen atoms in total. The topological polar surface area (TPSA) is 85.8 Å². The molecule has 9 heteroatoms. The number of amides is 1. The van der Waals surface area contributed by atoms with Gasteiger partial charge in [0.1, 0.15) is 5.76 Å². The van der Waals surface area contributed by atoms with Crippen LogP contribution < -0.4 is 16.0 Å². The number of aliphatic hydroxyl groups excluding tert-OH is 1.